The zero-order chi connectivity index (χ0) is 17.8. The molecule has 0 heterocycles. The quantitative estimate of drug-likeness (QED) is 0.833. The molecule has 130 valence electrons. The third kappa shape index (κ3) is 4.38. The number of carboxylic acids is 1. The van der Waals surface area contributed by atoms with Gasteiger partial charge in [0.1, 0.15) is 11.5 Å². The van der Waals surface area contributed by atoms with E-state index in [-0.39, 0.29) is 18.5 Å². The van der Waals surface area contributed by atoms with Gasteiger partial charge in [-0.05, 0) is 49.2 Å². The summed E-state index contributed by atoms with van der Waals surface area (Å²) >= 11 is 0. The highest BCUT2D eigenvalue weighted by atomic mass is 16.5. The van der Waals surface area contributed by atoms with Gasteiger partial charge in [0.25, 0.3) is 5.91 Å². The van der Waals surface area contributed by atoms with E-state index < -0.39 is 11.9 Å². The van der Waals surface area contributed by atoms with Gasteiger partial charge >= 0.3 is 5.97 Å². The van der Waals surface area contributed by atoms with Gasteiger partial charge in [-0.2, -0.15) is 0 Å². The minimum Gasteiger partial charge on any atom is -0.481 e. The van der Waals surface area contributed by atoms with Crippen molar-refractivity contribution in [2.75, 3.05) is 6.54 Å². The lowest BCUT2D eigenvalue weighted by Crippen LogP contribution is -2.38. The molecule has 3 rings (SSSR count). The molecule has 2 aromatic rings. The minimum absolute atomic E-state index is 0.123. The average Bonchev–Trinajstić information content (AvgIpc) is 3.45. The van der Waals surface area contributed by atoms with E-state index in [0.717, 1.165) is 18.6 Å². The monoisotopic (exact) mass is 339 g/mol. The molecule has 2 aromatic carbocycles. The Balaban J connectivity index is 1.69. The van der Waals surface area contributed by atoms with E-state index in [4.69, 9.17) is 9.84 Å². The number of carbonyl (C=O) groups excluding carboxylic acids is 1. The van der Waals surface area contributed by atoms with Crippen LogP contribution >= 0.6 is 0 Å². The molecular weight excluding hydrogens is 318 g/mol. The van der Waals surface area contributed by atoms with E-state index in [0.29, 0.717) is 11.3 Å². The third-order valence-corrected chi connectivity index (χ3v) is 4.22. The number of aliphatic carboxylic acids is 1. The number of hydrogen-bond donors (Lipinski definition) is 1. The summed E-state index contributed by atoms with van der Waals surface area (Å²) in [5.74, 6) is -0.201. The number of benzene rings is 2. The van der Waals surface area contributed by atoms with Crippen molar-refractivity contribution < 1.29 is 19.4 Å². The van der Waals surface area contributed by atoms with E-state index in [1.54, 1.807) is 36.1 Å². The fourth-order valence-electron chi connectivity index (χ4n) is 2.61. The van der Waals surface area contributed by atoms with Crippen LogP contribution in [0.5, 0.6) is 11.5 Å². The van der Waals surface area contributed by atoms with Gasteiger partial charge in [0.05, 0.1) is 5.92 Å². The van der Waals surface area contributed by atoms with Crippen molar-refractivity contribution in [3.05, 3.63) is 60.2 Å². The highest BCUT2D eigenvalue weighted by Crippen LogP contribution is 2.30. The molecule has 1 saturated carbocycles. The van der Waals surface area contributed by atoms with Gasteiger partial charge < -0.3 is 14.7 Å². The lowest BCUT2D eigenvalue weighted by molar-refractivity contribution is -0.141. The van der Waals surface area contributed by atoms with E-state index in [9.17, 15) is 9.59 Å². The number of carboxylic acid groups (broad SMARTS) is 1. The predicted molar refractivity (Wildman–Crippen MR) is 93.8 cm³/mol. The van der Waals surface area contributed by atoms with Crippen LogP contribution in [0.2, 0.25) is 0 Å². The highest BCUT2D eigenvalue weighted by molar-refractivity contribution is 5.95. The van der Waals surface area contributed by atoms with Crippen molar-refractivity contribution in [3.8, 4) is 11.5 Å². The second-order valence-corrected chi connectivity index (χ2v) is 6.37. The molecule has 1 atom stereocenters. The lowest BCUT2D eigenvalue weighted by Gasteiger charge is -2.24. The molecule has 1 fully saturated rings. The number of nitrogens with zero attached hydrogens (tertiary/aromatic N) is 1. The number of carbonyl (C=O) groups is 2. The van der Waals surface area contributed by atoms with Crippen molar-refractivity contribution in [2.24, 2.45) is 5.92 Å². The van der Waals surface area contributed by atoms with E-state index in [1.165, 1.54) is 0 Å². The third-order valence-electron chi connectivity index (χ3n) is 4.22. The number of rotatable bonds is 7. The number of ether oxygens (including phenoxy) is 1. The van der Waals surface area contributed by atoms with Gasteiger partial charge in [0.15, 0.2) is 0 Å². The molecule has 0 saturated heterocycles. The Hall–Kier alpha value is -2.82. The number of hydrogen-bond acceptors (Lipinski definition) is 3. The van der Waals surface area contributed by atoms with E-state index in [1.807, 2.05) is 30.3 Å². The molecule has 1 aliphatic rings. The van der Waals surface area contributed by atoms with E-state index in [2.05, 4.69) is 0 Å². The number of amides is 1. The summed E-state index contributed by atoms with van der Waals surface area (Å²) in [4.78, 5) is 25.5. The highest BCUT2D eigenvalue weighted by Gasteiger charge is 2.34. The summed E-state index contributed by atoms with van der Waals surface area (Å²) in [6, 6.07) is 16.5. The van der Waals surface area contributed by atoms with Crippen molar-refractivity contribution in [2.45, 2.75) is 25.8 Å². The Morgan fingerprint density at radius 1 is 1.08 bits per heavy atom. The normalized spacial score (nSPS) is 14.6. The average molecular weight is 339 g/mol. The van der Waals surface area contributed by atoms with Gasteiger partial charge in [0.2, 0.25) is 0 Å². The maximum absolute atomic E-state index is 12.7. The Morgan fingerprint density at radius 2 is 1.68 bits per heavy atom. The molecule has 0 bridgehead atoms. The SMILES string of the molecule is CC(CN(C(=O)c1ccc(Oc2ccccc2)cc1)C1CC1)C(=O)O. The summed E-state index contributed by atoms with van der Waals surface area (Å²) in [5.41, 5.74) is 0.546. The molecule has 0 aromatic heterocycles. The molecule has 0 spiro atoms. The summed E-state index contributed by atoms with van der Waals surface area (Å²) in [7, 11) is 0. The van der Waals surface area contributed by atoms with Crippen LogP contribution in [0.4, 0.5) is 0 Å². The van der Waals surface area contributed by atoms with Gasteiger partial charge in [-0.25, -0.2) is 0 Å². The standard InChI is InChI=1S/C20H21NO4/c1-14(20(23)24)13-21(16-9-10-16)19(22)15-7-11-18(12-8-15)25-17-5-3-2-4-6-17/h2-8,11-12,14,16H,9-10,13H2,1H3,(H,23,24). The summed E-state index contributed by atoms with van der Waals surface area (Å²) in [6.45, 7) is 1.86. The summed E-state index contributed by atoms with van der Waals surface area (Å²) < 4.78 is 5.73. The number of para-hydroxylation sites is 1. The predicted octanol–water partition coefficient (Wildman–Crippen LogP) is 3.80. The van der Waals surface area contributed by atoms with Gasteiger partial charge in [-0.3, -0.25) is 9.59 Å². The molecule has 1 aliphatic carbocycles. The molecular formula is C20H21NO4. The van der Waals surface area contributed by atoms with Crippen LogP contribution in [-0.4, -0.2) is 34.5 Å². The molecule has 1 unspecified atom stereocenters. The van der Waals surface area contributed by atoms with Crippen molar-refractivity contribution in [1.29, 1.82) is 0 Å². The Kier molecular flexibility index (Phi) is 5.03. The second kappa shape index (κ2) is 7.38. The molecule has 25 heavy (non-hydrogen) atoms. The van der Waals surface area contributed by atoms with Crippen LogP contribution in [0.3, 0.4) is 0 Å². The zero-order valence-electron chi connectivity index (χ0n) is 14.1. The Bertz CT molecular complexity index is 738. The van der Waals surface area contributed by atoms with Crippen LogP contribution in [0, 0.1) is 5.92 Å². The van der Waals surface area contributed by atoms with Crippen molar-refractivity contribution in [1.82, 2.24) is 4.90 Å². The van der Waals surface area contributed by atoms with Crippen molar-refractivity contribution >= 4 is 11.9 Å². The van der Waals surface area contributed by atoms with Gasteiger partial charge in [-0.15, -0.1) is 0 Å². The van der Waals surface area contributed by atoms with Crippen LogP contribution < -0.4 is 4.74 Å². The fraction of sp³-hybridized carbons (Fsp3) is 0.300. The van der Waals surface area contributed by atoms with Crippen LogP contribution in [0.1, 0.15) is 30.1 Å². The van der Waals surface area contributed by atoms with Crippen LogP contribution in [0.15, 0.2) is 54.6 Å². The van der Waals surface area contributed by atoms with Gasteiger partial charge in [-0.1, -0.05) is 25.1 Å². The maximum atomic E-state index is 12.7. The fourth-order valence-corrected chi connectivity index (χ4v) is 2.61. The van der Waals surface area contributed by atoms with Crippen LogP contribution in [0.25, 0.3) is 0 Å². The van der Waals surface area contributed by atoms with Gasteiger partial charge in [0, 0.05) is 18.2 Å². The Morgan fingerprint density at radius 3 is 2.24 bits per heavy atom. The first-order chi connectivity index (χ1) is 12.0. The summed E-state index contributed by atoms with van der Waals surface area (Å²) in [5, 5.41) is 9.11. The maximum Gasteiger partial charge on any atom is 0.308 e. The Labute approximate surface area is 146 Å². The largest absolute Gasteiger partial charge is 0.481 e. The molecule has 1 N–H and O–H groups in total. The summed E-state index contributed by atoms with van der Waals surface area (Å²) in [6.07, 6.45) is 1.88. The first-order valence-corrected chi connectivity index (χ1v) is 8.41. The first-order valence-electron chi connectivity index (χ1n) is 8.41. The van der Waals surface area contributed by atoms with E-state index >= 15 is 0 Å². The minimum atomic E-state index is -0.884. The molecule has 0 radical (unpaired) electrons. The van der Waals surface area contributed by atoms with Crippen LogP contribution in [-0.2, 0) is 4.79 Å². The smallest absolute Gasteiger partial charge is 0.308 e. The zero-order valence-corrected chi connectivity index (χ0v) is 14.1. The molecule has 5 nitrogen and oxygen atoms in total. The first kappa shape index (κ1) is 17.0. The molecule has 0 aliphatic heterocycles. The lowest BCUT2D eigenvalue weighted by atomic mass is 10.1. The topological polar surface area (TPSA) is 66.8 Å². The van der Waals surface area contributed by atoms with Crippen molar-refractivity contribution in [3.63, 3.8) is 0 Å². The second-order valence-electron chi connectivity index (χ2n) is 6.37. The molecule has 1 amide bonds. The molecule has 5 heteroatoms.